The molecule has 2 N–H and O–H groups in total. The Labute approximate surface area is 72.2 Å². The summed E-state index contributed by atoms with van der Waals surface area (Å²) in [6.07, 6.45) is 0. The fourth-order valence-electron chi connectivity index (χ4n) is 1.77. The average molecular weight is 163 g/mol. The van der Waals surface area contributed by atoms with Crippen LogP contribution < -0.4 is 5.32 Å². The van der Waals surface area contributed by atoms with Crippen LogP contribution >= 0.6 is 0 Å². The number of para-hydroxylation sites is 1. The number of aliphatic hydroxyl groups excluding tert-OH is 1. The van der Waals surface area contributed by atoms with Gasteiger partial charge in [0.05, 0.1) is 12.6 Å². The first-order valence-corrected chi connectivity index (χ1v) is 4.29. The molecule has 2 atom stereocenters. The van der Waals surface area contributed by atoms with Gasteiger partial charge < -0.3 is 10.4 Å². The summed E-state index contributed by atoms with van der Waals surface area (Å²) in [6.45, 7) is 2.34. The number of aliphatic hydroxyl groups is 1. The molecule has 0 aromatic heterocycles. The zero-order valence-electron chi connectivity index (χ0n) is 7.12. The first-order valence-electron chi connectivity index (χ1n) is 4.29. The van der Waals surface area contributed by atoms with Crippen molar-refractivity contribution in [1.29, 1.82) is 0 Å². The van der Waals surface area contributed by atoms with Crippen LogP contribution in [0.15, 0.2) is 24.3 Å². The monoisotopic (exact) mass is 163 g/mol. The van der Waals surface area contributed by atoms with Crippen LogP contribution in [-0.2, 0) is 0 Å². The minimum atomic E-state index is 0.197. The summed E-state index contributed by atoms with van der Waals surface area (Å²) < 4.78 is 0. The van der Waals surface area contributed by atoms with E-state index in [1.54, 1.807) is 0 Å². The Balaban J connectivity index is 2.35. The summed E-state index contributed by atoms with van der Waals surface area (Å²) in [5.74, 6) is 0.422. The first kappa shape index (κ1) is 7.62. The van der Waals surface area contributed by atoms with Crippen molar-refractivity contribution in [3.05, 3.63) is 29.8 Å². The van der Waals surface area contributed by atoms with E-state index in [9.17, 15) is 0 Å². The number of hydrogen-bond donors (Lipinski definition) is 2. The highest BCUT2D eigenvalue weighted by molar-refractivity contribution is 5.58. The molecule has 2 heteroatoms. The van der Waals surface area contributed by atoms with Gasteiger partial charge in [-0.2, -0.15) is 0 Å². The highest BCUT2D eigenvalue weighted by Crippen LogP contribution is 2.34. The molecule has 1 aromatic rings. The molecule has 1 aliphatic rings. The lowest BCUT2D eigenvalue weighted by atomic mass is 9.98. The highest BCUT2D eigenvalue weighted by Gasteiger charge is 2.26. The predicted molar refractivity (Wildman–Crippen MR) is 49.4 cm³/mol. The minimum Gasteiger partial charge on any atom is -0.394 e. The third-order valence-corrected chi connectivity index (χ3v) is 2.59. The standard InChI is InChI=1S/C10H13NO/c1-7-8-4-2-3-5-9(8)11-10(7)6-12/h2-5,7,10-12H,6H2,1H3. The number of rotatable bonds is 1. The Hall–Kier alpha value is -1.02. The van der Waals surface area contributed by atoms with Gasteiger partial charge in [0.25, 0.3) is 0 Å². The van der Waals surface area contributed by atoms with Crippen LogP contribution in [0, 0.1) is 0 Å². The maximum Gasteiger partial charge on any atom is 0.0638 e. The van der Waals surface area contributed by atoms with E-state index in [0.717, 1.165) is 0 Å². The molecule has 2 unspecified atom stereocenters. The minimum absolute atomic E-state index is 0.197. The van der Waals surface area contributed by atoms with Gasteiger partial charge in [0.15, 0.2) is 0 Å². The summed E-state index contributed by atoms with van der Waals surface area (Å²) in [4.78, 5) is 0. The van der Waals surface area contributed by atoms with Gasteiger partial charge in [-0.25, -0.2) is 0 Å². The van der Waals surface area contributed by atoms with Crippen molar-refractivity contribution in [2.24, 2.45) is 0 Å². The predicted octanol–water partition coefficient (Wildman–Crippen LogP) is 1.58. The highest BCUT2D eigenvalue weighted by atomic mass is 16.3. The van der Waals surface area contributed by atoms with Crippen molar-refractivity contribution in [3.63, 3.8) is 0 Å². The number of benzene rings is 1. The fraction of sp³-hybridized carbons (Fsp3) is 0.400. The van der Waals surface area contributed by atoms with Gasteiger partial charge in [-0.05, 0) is 11.6 Å². The first-order chi connectivity index (χ1) is 5.83. The van der Waals surface area contributed by atoms with E-state index >= 15 is 0 Å². The van der Waals surface area contributed by atoms with Gasteiger partial charge in [-0.3, -0.25) is 0 Å². The van der Waals surface area contributed by atoms with E-state index in [0.29, 0.717) is 5.92 Å². The smallest absolute Gasteiger partial charge is 0.0638 e. The third kappa shape index (κ3) is 0.994. The molecule has 0 fully saturated rings. The second-order valence-corrected chi connectivity index (χ2v) is 3.31. The van der Waals surface area contributed by atoms with Gasteiger partial charge in [0.1, 0.15) is 0 Å². The van der Waals surface area contributed by atoms with Gasteiger partial charge in [-0.1, -0.05) is 25.1 Å². The Bertz CT molecular complexity index is 285. The number of fused-ring (bicyclic) bond motifs is 1. The molecule has 1 aromatic carbocycles. The summed E-state index contributed by atoms with van der Waals surface area (Å²) in [6, 6.07) is 8.42. The summed E-state index contributed by atoms with van der Waals surface area (Å²) in [5, 5.41) is 12.3. The Morgan fingerprint density at radius 2 is 2.17 bits per heavy atom. The third-order valence-electron chi connectivity index (χ3n) is 2.59. The maximum absolute atomic E-state index is 9.05. The Morgan fingerprint density at radius 3 is 2.83 bits per heavy atom. The van der Waals surface area contributed by atoms with Crippen molar-refractivity contribution in [1.82, 2.24) is 0 Å². The van der Waals surface area contributed by atoms with Crippen molar-refractivity contribution in [3.8, 4) is 0 Å². The van der Waals surface area contributed by atoms with Crippen LogP contribution in [0.5, 0.6) is 0 Å². The summed E-state index contributed by atoms with van der Waals surface area (Å²) in [5.41, 5.74) is 2.49. The molecule has 64 valence electrons. The zero-order valence-corrected chi connectivity index (χ0v) is 7.12. The lowest BCUT2D eigenvalue weighted by Crippen LogP contribution is -2.22. The molecule has 0 spiro atoms. The molecule has 0 aliphatic carbocycles. The number of hydrogen-bond acceptors (Lipinski definition) is 2. The molecule has 2 nitrogen and oxygen atoms in total. The molecule has 1 aliphatic heterocycles. The summed E-state index contributed by atoms with van der Waals surface area (Å²) >= 11 is 0. The second-order valence-electron chi connectivity index (χ2n) is 3.31. The van der Waals surface area contributed by atoms with Crippen molar-refractivity contribution < 1.29 is 5.11 Å². The number of nitrogens with one attached hydrogen (secondary N) is 1. The SMILES string of the molecule is CC1c2ccccc2NC1CO. The topological polar surface area (TPSA) is 32.3 Å². The van der Waals surface area contributed by atoms with Gasteiger partial charge in [-0.15, -0.1) is 0 Å². The Kier molecular flexibility index (Phi) is 1.77. The molecule has 0 saturated heterocycles. The molecule has 12 heavy (non-hydrogen) atoms. The lowest BCUT2D eigenvalue weighted by molar-refractivity contribution is 0.266. The summed E-state index contributed by atoms with van der Waals surface area (Å²) in [7, 11) is 0. The van der Waals surface area contributed by atoms with Crippen molar-refractivity contribution >= 4 is 5.69 Å². The molecular formula is C10H13NO. The molecule has 0 amide bonds. The van der Waals surface area contributed by atoms with E-state index in [1.165, 1.54) is 11.3 Å². The van der Waals surface area contributed by atoms with E-state index < -0.39 is 0 Å². The maximum atomic E-state index is 9.05. The van der Waals surface area contributed by atoms with Crippen molar-refractivity contribution in [2.75, 3.05) is 11.9 Å². The van der Waals surface area contributed by atoms with Crippen LogP contribution in [0.4, 0.5) is 5.69 Å². The van der Waals surface area contributed by atoms with Gasteiger partial charge >= 0.3 is 0 Å². The normalized spacial score (nSPS) is 26.5. The largest absolute Gasteiger partial charge is 0.394 e. The van der Waals surface area contributed by atoms with Gasteiger partial charge in [0.2, 0.25) is 0 Å². The van der Waals surface area contributed by atoms with E-state index in [4.69, 9.17) is 5.11 Å². The Morgan fingerprint density at radius 1 is 1.42 bits per heavy atom. The van der Waals surface area contributed by atoms with E-state index in [-0.39, 0.29) is 12.6 Å². The van der Waals surface area contributed by atoms with E-state index in [1.807, 2.05) is 12.1 Å². The molecular weight excluding hydrogens is 150 g/mol. The van der Waals surface area contributed by atoms with Crippen molar-refractivity contribution in [2.45, 2.75) is 18.9 Å². The molecule has 0 saturated carbocycles. The molecule has 2 rings (SSSR count). The van der Waals surface area contributed by atoms with Gasteiger partial charge in [0, 0.05) is 11.6 Å². The van der Waals surface area contributed by atoms with Crippen LogP contribution in [0.25, 0.3) is 0 Å². The average Bonchev–Trinajstić information content (AvgIpc) is 2.44. The number of anilines is 1. The van der Waals surface area contributed by atoms with Crippen LogP contribution in [0.1, 0.15) is 18.4 Å². The zero-order chi connectivity index (χ0) is 8.55. The van der Waals surface area contributed by atoms with Crippen LogP contribution in [0.3, 0.4) is 0 Å². The lowest BCUT2D eigenvalue weighted by Gasteiger charge is -2.12. The van der Waals surface area contributed by atoms with Crippen LogP contribution in [-0.4, -0.2) is 17.8 Å². The molecule has 1 heterocycles. The molecule has 0 radical (unpaired) electrons. The quantitative estimate of drug-likeness (QED) is 0.658. The molecule has 0 bridgehead atoms. The fourth-order valence-corrected chi connectivity index (χ4v) is 1.77. The van der Waals surface area contributed by atoms with Crippen LogP contribution in [0.2, 0.25) is 0 Å². The van der Waals surface area contributed by atoms with E-state index in [2.05, 4.69) is 24.4 Å². The second kappa shape index (κ2) is 2.79.